The largest absolute Gasteiger partial charge is 0.481 e. The molecule has 0 aliphatic rings. The van der Waals surface area contributed by atoms with Crippen LogP contribution >= 0.6 is 0 Å². The molecular formula is C11H14N4O. The molecule has 5 heteroatoms. The van der Waals surface area contributed by atoms with E-state index in [2.05, 4.69) is 9.97 Å². The van der Waals surface area contributed by atoms with Crippen molar-refractivity contribution in [3.8, 4) is 5.88 Å². The third-order valence-electron chi connectivity index (χ3n) is 2.37. The number of pyridine rings is 1. The average Bonchev–Trinajstić information content (AvgIpc) is 2.77. The maximum Gasteiger partial charge on any atom is 0.218 e. The second-order valence-electron chi connectivity index (χ2n) is 3.35. The maximum absolute atomic E-state index is 5.59. The van der Waals surface area contributed by atoms with E-state index in [0.29, 0.717) is 19.0 Å². The highest BCUT2D eigenvalue weighted by atomic mass is 16.5. The molecule has 0 fully saturated rings. The van der Waals surface area contributed by atoms with Gasteiger partial charge in [-0.1, -0.05) is 6.07 Å². The van der Waals surface area contributed by atoms with Crippen molar-refractivity contribution in [2.24, 2.45) is 5.73 Å². The Morgan fingerprint density at radius 1 is 1.38 bits per heavy atom. The standard InChI is InChI=1S/C11H14N4O/c1-16-11-9(3-2-4-14-11)8-15-6-5-13-10(15)7-12/h2-6H,7-8,12H2,1H3. The van der Waals surface area contributed by atoms with Crippen LogP contribution in [0.2, 0.25) is 0 Å². The molecular weight excluding hydrogens is 204 g/mol. The fourth-order valence-corrected chi connectivity index (χ4v) is 1.59. The van der Waals surface area contributed by atoms with Gasteiger partial charge < -0.3 is 15.0 Å². The molecule has 84 valence electrons. The molecule has 0 aromatic carbocycles. The Labute approximate surface area is 93.9 Å². The monoisotopic (exact) mass is 218 g/mol. The van der Waals surface area contributed by atoms with E-state index in [1.165, 1.54) is 0 Å². The third kappa shape index (κ3) is 2.04. The predicted molar refractivity (Wildman–Crippen MR) is 60.0 cm³/mol. The number of rotatable bonds is 4. The molecule has 0 unspecified atom stereocenters. The molecule has 0 saturated carbocycles. The Hall–Kier alpha value is -1.88. The lowest BCUT2D eigenvalue weighted by atomic mass is 10.2. The number of aromatic nitrogens is 3. The summed E-state index contributed by atoms with van der Waals surface area (Å²) in [4.78, 5) is 8.31. The van der Waals surface area contributed by atoms with Crippen LogP contribution in [0.25, 0.3) is 0 Å². The van der Waals surface area contributed by atoms with Gasteiger partial charge in [-0.15, -0.1) is 0 Å². The summed E-state index contributed by atoms with van der Waals surface area (Å²) in [6.07, 6.45) is 5.35. The predicted octanol–water partition coefficient (Wildman–Crippen LogP) is 0.794. The van der Waals surface area contributed by atoms with Crippen molar-refractivity contribution in [2.45, 2.75) is 13.1 Å². The number of nitrogens with zero attached hydrogens (tertiary/aromatic N) is 3. The van der Waals surface area contributed by atoms with Crippen molar-refractivity contribution < 1.29 is 4.74 Å². The number of hydrogen-bond acceptors (Lipinski definition) is 4. The Morgan fingerprint density at radius 2 is 2.25 bits per heavy atom. The summed E-state index contributed by atoms with van der Waals surface area (Å²) in [6.45, 7) is 1.10. The maximum atomic E-state index is 5.59. The molecule has 0 radical (unpaired) electrons. The number of methoxy groups -OCH3 is 1. The summed E-state index contributed by atoms with van der Waals surface area (Å²) >= 11 is 0. The minimum Gasteiger partial charge on any atom is -0.481 e. The van der Waals surface area contributed by atoms with Gasteiger partial charge in [-0.3, -0.25) is 0 Å². The summed E-state index contributed by atoms with van der Waals surface area (Å²) in [5.41, 5.74) is 6.60. The molecule has 2 rings (SSSR count). The Kier molecular flexibility index (Phi) is 3.16. The van der Waals surface area contributed by atoms with Crippen molar-refractivity contribution in [3.63, 3.8) is 0 Å². The summed E-state index contributed by atoms with van der Waals surface area (Å²) in [7, 11) is 1.61. The van der Waals surface area contributed by atoms with E-state index in [1.807, 2.05) is 22.9 Å². The van der Waals surface area contributed by atoms with Crippen LogP contribution in [0.1, 0.15) is 11.4 Å². The van der Waals surface area contributed by atoms with Crippen molar-refractivity contribution in [3.05, 3.63) is 42.1 Å². The molecule has 0 amide bonds. The minimum absolute atomic E-state index is 0.426. The van der Waals surface area contributed by atoms with Crippen LogP contribution in [-0.4, -0.2) is 21.6 Å². The van der Waals surface area contributed by atoms with E-state index in [-0.39, 0.29) is 0 Å². The molecule has 0 spiro atoms. The molecule has 0 saturated heterocycles. The van der Waals surface area contributed by atoms with Crippen LogP contribution in [0.4, 0.5) is 0 Å². The quantitative estimate of drug-likeness (QED) is 0.824. The Bertz CT molecular complexity index is 467. The Morgan fingerprint density at radius 3 is 3.00 bits per heavy atom. The second-order valence-corrected chi connectivity index (χ2v) is 3.35. The first-order chi connectivity index (χ1) is 7.85. The highest BCUT2D eigenvalue weighted by Gasteiger charge is 2.06. The van der Waals surface area contributed by atoms with Gasteiger partial charge in [-0.25, -0.2) is 9.97 Å². The van der Waals surface area contributed by atoms with Gasteiger partial charge in [0.1, 0.15) is 5.82 Å². The molecule has 0 aliphatic heterocycles. The van der Waals surface area contributed by atoms with E-state index in [4.69, 9.17) is 10.5 Å². The fourth-order valence-electron chi connectivity index (χ4n) is 1.59. The summed E-state index contributed by atoms with van der Waals surface area (Å²) in [5.74, 6) is 1.49. The van der Waals surface area contributed by atoms with Gasteiger partial charge in [0.05, 0.1) is 20.2 Å². The van der Waals surface area contributed by atoms with Gasteiger partial charge in [0.2, 0.25) is 5.88 Å². The molecule has 2 aromatic rings. The van der Waals surface area contributed by atoms with Crippen molar-refractivity contribution in [2.75, 3.05) is 7.11 Å². The van der Waals surface area contributed by atoms with E-state index in [0.717, 1.165) is 11.4 Å². The zero-order valence-corrected chi connectivity index (χ0v) is 9.13. The minimum atomic E-state index is 0.426. The summed E-state index contributed by atoms with van der Waals surface area (Å²) in [6, 6.07) is 3.86. The fraction of sp³-hybridized carbons (Fsp3) is 0.273. The van der Waals surface area contributed by atoms with E-state index >= 15 is 0 Å². The first-order valence-electron chi connectivity index (χ1n) is 5.03. The third-order valence-corrected chi connectivity index (χ3v) is 2.37. The SMILES string of the molecule is COc1ncccc1Cn1ccnc1CN. The van der Waals surface area contributed by atoms with Gasteiger partial charge in [0, 0.05) is 24.2 Å². The highest BCUT2D eigenvalue weighted by Crippen LogP contribution is 2.15. The van der Waals surface area contributed by atoms with Crippen LogP contribution in [-0.2, 0) is 13.1 Å². The molecule has 0 atom stereocenters. The molecule has 0 bridgehead atoms. The first kappa shape index (κ1) is 10.6. The topological polar surface area (TPSA) is 66.0 Å². The second kappa shape index (κ2) is 4.76. The molecule has 2 heterocycles. The van der Waals surface area contributed by atoms with Crippen LogP contribution in [0.5, 0.6) is 5.88 Å². The zero-order valence-electron chi connectivity index (χ0n) is 9.13. The van der Waals surface area contributed by atoms with Crippen LogP contribution in [0.15, 0.2) is 30.7 Å². The lowest BCUT2D eigenvalue weighted by Gasteiger charge is -2.09. The van der Waals surface area contributed by atoms with Crippen molar-refractivity contribution in [1.82, 2.24) is 14.5 Å². The summed E-state index contributed by atoms with van der Waals surface area (Å²) in [5, 5.41) is 0. The summed E-state index contributed by atoms with van der Waals surface area (Å²) < 4.78 is 7.18. The van der Waals surface area contributed by atoms with E-state index < -0.39 is 0 Å². The zero-order chi connectivity index (χ0) is 11.4. The van der Waals surface area contributed by atoms with Crippen molar-refractivity contribution in [1.29, 1.82) is 0 Å². The van der Waals surface area contributed by atoms with Gasteiger partial charge in [-0.05, 0) is 6.07 Å². The lowest BCUT2D eigenvalue weighted by Crippen LogP contribution is -2.09. The first-order valence-corrected chi connectivity index (χ1v) is 5.03. The number of nitrogens with two attached hydrogens (primary N) is 1. The number of imidazole rings is 1. The molecule has 2 N–H and O–H groups in total. The van der Waals surface area contributed by atoms with Gasteiger partial charge >= 0.3 is 0 Å². The van der Waals surface area contributed by atoms with Crippen LogP contribution in [0.3, 0.4) is 0 Å². The van der Waals surface area contributed by atoms with Gasteiger partial charge in [0.25, 0.3) is 0 Å². The van der Waals surface area contributed by atoms with Gasteiger partial charge in [0.15, 0.2) is 0 Å². The van der Waals surface area contributed by atoms with Crippen LogP contribution in [0, 0.1) is 0 Å². The average molecular weight is 218 g/mol. The lowest BCUT2D eigenvalue weighted by molar-refractivity contribution is 0.391. The number of ether oxygens (including phenoxy) is 1. The van der Waals surface area contributed by atoms with Crippen molar-refractivity contribution >= 4 is 0 Å². The van der Waals surface area contributed by atoms with Gasteiger partial charge in [-0.2, -0.15) is 0 Å². The van der Waals surface area contributed by atoms with Crippen LogP contribution < -0.4 is 10.5 Å². The Balaban J connectivity index is 2.26. The van der Waals surface area contributed by atoms with E-state index in [1.54, 1.807) is 19.5 Å². The number of hydrogen-bond donors (Lipinski definition) is 1. The molecule has 5 nitrogen and oxygen atoms in total. The molecule has 2 aromatic heterocycles. The molecule has 0 aliphatic carbocycles. The highest BCUT2D eigenvalue weighted by molar-refractivity contribution is 5.25. The normalized spacial score (nSPS) is 10.4. The smallest absolute Gasteiger partial charge is 0.218 e. The van der Waals surface area contributed by atoms with E-state index in [9.17, 15) is 0 Å². The molecule has 16 heavy (non-hydrogen) atoms.